The summed E-state index contributed by atoms with van der Waals surface area (Å²) in [5.74, 6) is 0.717. The molecule has 0 aliphatic heterocycles. The van der Waals surface area contributed by atoms with Crippen molar-refractivity contribution in [1.82, 2.24) is 4.72 Å². The van der Waals surface area contributed by atoms with Crippen molar-refractivity contribution in [3.05, 3.63) is 0 Å². The standard InChI is InChI=1S/C5H9NO3S/c7-10(8,9)6-5-1-4(2-5)3-5/h4,6H,1-3H2,(H,7,8,9). The Kier molecular flexibility index (Phi) is 1.01. The van der Waals surface area contributed by atoms with Gasteiger partial charge in [-0.1, -0.05) is 0 Å². The van der Waals surface area contributed by atoms with E-state index in [9.17, 15) is 8.42 Å². The van der Waals surface area contributed by atoms with E-state index in [0.717, 1.165) is 19.3 Å². The van der Waals surface area contributed by atoms with Crippen LogP contribution in [0.25, 0.3) is 0 Å². The van der Waals surface area contributed by atoms with Gasteiger partial charge in [0.25, 0.3) is 0 Å². The van der Waals surface area contributed by atoms with Gasteiger partial charge in [0, 0.05) is 5.54 Å². The fourth-order valence-corrected chi connectivity index (χ4v) is 2.67. The molecule has 3 aliphatic rings. The molecule has 3 rings (SSSR count). The van der Waals surface area contributed by atoms with E-state index in [1.54, 1.807) is 0 Å². The van der Waals surface area contributed by atoms with Gasteiger partial charge in [0.1, 0.15) is 0 Å². The topological polar surface area (TPSA) is 66.4 Å². The predicted molar refractivity (Wildman–Crippen MR) is 34.8 cm³/mol. The molecule has 2 N–H and O–H groups in total. The second-order valence-electron chi connectivity index (χ2n) is 3.34. The van der Waals surface area contributed by atoms with Crippen molar-refractivity contribution >= 4 is 10.3 Å². The fraction of sp³-hybridized carbons (Fsp3) is 1.00. The van der Waals surface area contributed by atoms with E-state index in [2.05, 4.69) is 4.72 Å². The Morgan fingerprint density at radius 3 is 2.00 bits per heavy atom. The summed E-state index contributed by atoms with van der Waals surface area (Å²) < 4.78 is 31.2. The minimum Gasteiger partial charge on any atom is -0.273 e. The molecule has 4 nitrogen and oxygen atoms in total. The molecule has 10 heavy (non-hydrogen) atoms. The van der Waals surface area contributed by atoms with Crippen molar-refractivity contribution in [2.24, 2.45) is 5.92 Å². The molecule has 0 aromatic carbocycles. The van der Waals surface area contributed by atoms with Gasteiger partial charge in [-0.2, -0.15) is 13.1 Å². The Balaban J connectivity index is 2.03. The third kappa shape index (κ3) is 0.853. The molecule has 0 saturated heterocycles. The van der Waals surface area contributed by atoms with Gasteiger partial charge in [-0.3, -0.25) is 4.55 Å². The van der Waals surface area contributed by atoms with Crippen LogP contribution in [0, 0.1) is 5.92 Å². The molecule has 0 atom stereocenters. The first-order valence-electron chi connectivity index (χ1n) is 3.26. The van der Waals surface area contributed by atoms with Crippen LogP contribution in [0.3, 0.4) is 0 Å². The van der Waals surface area contributed by atoms with E-state index in [1.807, 2.05) is 0 Å². The average Bonchev–Trinajstić information content (AvgIpc) is 1.48. The van der Waals surface area contributed by atoms with Gasteiger partial charge in [0.15, 0.2) is 0 Å². The number of hydrogen-bond acceptors (Lipinski definition) is 2. The summed E-state index contributed by atoms with van der Waals surface area (Å²) in [6.45, 7) is 0. The van der Waals surface area contributed by atoms with E-state index in [0.29, 0.717) is 5.92 Å². The predicted octanol–water partition coefficient (Wildman–Crippen LogP) is -0.0687. The van der Waals surface area contributed by atoms with Gasteiger partial charge < -0.3 is 0 Å². The van der Waals surface area contributed by atoms with Crippen LogP contribution in [-0.4, -0.2) is 18.5 Å². The molecule has 0 radical (unpaired) electrons. The summed E-state index contributed by atoms with van der Waals surface area (Å²) in [5.41, 5.74) is -0.238. The average molecular weight is 163 g/mol. The van der Waals surface area contributed by atoms with Gasteiger partial charge in [0.2, 0.25) is 0 Å². The summed E-state index contributed by atoms with van der Waals surface area (Å²) in [7, 11) is -3.95. The Hall–Kier alpha value is -0.130. The van der Waals surface area contributed by atoms with E-state index < -0.39 is 10.3 Å². The van der Waals surface area contributed by atoms with Crippen LogP contribution >= 0.6 is 0 Å². The van der Waals surface area contributed by atoms with Crippen LogP contribution in [0.4, 0.5) is 0 Å². The molecule has 5 heteroatoms. The van der Waals surface area contributed by atoms with E-state index in [4.69, 9.17) is 4.55 Å². The lowest BCUT2D eigenvalue weighted by Gasteiger charge is -2.61. The minimum atomic E-state index is -3.95. The zero-order chi connectivity index (χ0) is 7.41. The van der Waals surface area contributed by atoms with Crippen LogP contribution in [0.1, 0.15) is 19.3 Å². The Labute approximate surface area is 59.5 Å². The largest absolute Gasteiger partial charge is 0.333 e. The van der Waals surface area contributed by atoms with Crippen LogP contribution in [0.15, 0.2) is 0 Å². The van der Waals surface area contributed by atoms with E-state index >= 15 is 0 Å². The minimum absolute atomic E-state index is 0.238. The molecule has 0 aromatic rings. The van der Waals surface area contributed by atoms with Crippen molar-refractivity contribution in [2.75, 3.05) is 0 Å². The van der Waals surface area contributed by atoms with Gasteiger partial charge in [-0.15, -0.1) is 0 Å². The molecular formula is C5H9NO3S. The van der Waals surface area contributed by atoms with E-state index in [-0.39, 0.29) is 5.54 Å². The number of nitrogens with one attached hydrogen (secondary N) is 1. The SMILES string of the molecule is O=S(=O)(O)NC12CC(C1)C2. The maximum Gasteiger partial charge on any atom is 0.333 e. The number of hydrogen-bond donors (Lipinski definition) is 2. The number of rotatable bonds is 2. The quantitative estimate of drug-likeness (QED) is 0.560. The van der Waals surface area contributed by atoms with Crippen molar-refractivity contribution < 1.29 is 13.0 Å². The second kappa shape index (κ2) is 1.54. The summed E-state index contributed by atoms with van der Waals surface area (Å²) in [5, 5.41) is 0. The van der Waals surface area contributed by atoms with Gasteiger partial charge in [-0.05, 0) is 25.2 Å². The fourth-order valence-electron chi connectivity index (χ4n) is 1.88. The van der Waals surface area contributed by atoms with Crippen molar-refractivity contribution in [1.29, 1.82) is 0 Å². The molecule has 2 bridgehead atoms. The molecule has 3 aliphatic carbocycles. The second-order valence-corrected chi connectivity index (χ2v) is 4.49. The molecule has 0 heterocycles. The maximum absolute atomic E-state index is 10.3. The first-order valence-corrected chi connectivity index (χ1v) is 4.70. The van der Waals surface area contributed by atoms with Crippen molar-refractivity contribution in [3.8, 4) is 0 Å². The van der Waals surface area contributed by atoms with Crippen LogP contribution in [0.2, 0.25) is 0 Å². The lowest BCUT2D eigenvalue weighted by Crippen LogP contribution is -2.67. The molecule has 0 spiro atoms. The highest BCUT2D eigenvalue weighted by Gasteiger charge is 2.58. The molecule has 58 valence electrons. The smallest absolute Gasteiger partial charge is 0.273 e. The van der Waals surface area contributed by atoms with Gasteiger partial charge in [0.05, 0.1) is 0 Å². The Morgan fingerprint density at radius 1 is 1.40 bits per heavy atom. The molecule has 0 amide bonds. The summed E-state index contributed by atoms with van der Waals surface area (Å²) in [6, 6.07) is 0. The highest BCUT2D eigenvalue weighted by Crippen LogP contribution is 2.57. The Morgan fingerprint density at radius 2 is 1.90 bits per heavy atom. The normalized spacial score (nSPS) is 43.9. The maximum atomic E-state index is 10.3. The van der Waals surface area contributed by atoms with Crippen molar-refractivity contribution in [2.45, 2.75) is 24.8 Å². The molecular weight excluding hydrogens is 154 g/mol. The lowest BCUT2D eigenvalue weighted by molar-refractivity contribution is -0.0333. The summed E-state index contributed by atoms with van der Waals surface area (Å²) in [6.07, 6.45) is 2.73. The van der Waals surface area contributed by atoms with Crippen LogP contribution in [-0.2, 0) is 10.3 Å². The van der Waals surface area contributed by atoms with E-state index in [1.165, 1.54) is 0 Å². The summed E-state index contributed by atoms with van der Waals surface area (Å²) >= 11 is 0. The molecule has 0 unspecified atom stereocenters. The molecule has 0 aromatic heterocycles. The monoisotopic (exact) mass is 163 g/mol. The third-order valence-electron chi connectivity index (χ3n) is 2.38. The van der Waals surface area contributed by atoms with Crippen molar-refractivity contribution in [3.63, 3.8) is 0 Å². The summed E-state index contributed by atoms with van der Waals surface area (Å²) in [4.78, 5) is 0. The first-order chi connectivity index (χ1) is 4.49. The lowest BCUT2D eigenvalue weighted by atomic mass is 9.50. The zero-order valence-electron chi connectivity index (χ0n) is 5.37. The Bertz CT molecular complexity index is 241. The first kappa shape index (κ1) is 6.57. The van der Waals surface area contributed by atoms with Crippen LogP contribution < -0.4 is 4.72 Å². The van der Waals surface area contributed by atoms with Crippen LogP contribution in [0.5, 0.6) is 0 Å². The molecule has 3 saturated carbocycles. The van der Waals surface area contributed by atoms with Gasteiger partial charge in [-0.25, -0.2) is 0 Å². The highest BCUT2D eigenvalue weighted by molar-refractivity contribution is 7.83. The zero-order valence-corrected chi connectivity index (χ0v) is 6.19. The van der Waals surface area contributed by atoms with Gasteiger partial charge >= 0.3 is 10.3 Å². The highest BCUT2D eigenvalue weighted by atomic mass is 32.2. The molecule has 3 fully saturated rings. The third-order valence-corrected chi connectivity index (χ3v) is 3.07.